The molecule has 46 valence electrons. The van der Waals surface area contributed by atoms with Gasteiger partial charge in [0.25, 0.3) is 0 Å². The topological polar surface area (TPSA) is 41.8 Å². The highest BCUT2D eigenvalue weighted by Crippen LogP contribution is 1.77. The van der Waals surface area contributed by atoms with Gasteiger partial charge in [0, 0.05) is 0 Å². The van der Waals surface area contributed by atoms with Crippen molar-refractivity contribution in [2.24, 2.45) is 5.16 Å². The Morgan fingerprint density at radius 2 is 2.62 bits per heavy atom. The Labute approximate surface area is 48.3 Å². The Bertz CT molecular complexity index is 98.6. The van der Waals surface area contributed by atoms with Crippen molar-refractivity contribution in [1.29, 1.82) is 0 Å². The molecule has 0 aromatic rings. The lowest BCUT2D eigenvalue weighted by molar-refractivity contribution is 0.210. The lowest BCUT2D eigenvalue weighted by atomic mass is 10.4. The molecule has 0 aromatic carbocycles. The number of aliphatic hydroxyl groups excluding tert-OH is 1. The first-order valence-electron chi connectivity index (χ1n) is 2.18. The summed E-state index contributed by atoms with van der Waals surface area (Å²) in [7, 11) is 1.42. The molecule has 0 aliphatic heterocycles. The van der Waals surface area contributed by atoms with Crippen LogP contribution in [-0.2, 0) is 4.84 Å². The molecule has 0 amide bonds. The van der Waals surface area contributed by atoms with Gasteiger partial charge in [-0.1, -0.05) is 11.7 Å². The third kappa shape index (κ3) is 2.36. The maximum atomic E-state index is 8.38. The molecule has 0 unspecified atom stereocenters. The normalized spacial score (nSPS) is 11.0. The zero-order valence-electron chi connectivity index (χ0n) is 4.79. The number of oxime groups is 1. The molecular formula is C5H9NO2. The Balaban J connectivity index is 3.66. The molecule has 0 aliphatic carbocycles. The molecule has 0 saturated heterocycles. The largest absolute Gasteiger partial charge is 0.399 e. The summed E-state index contributed by atoms with van der Waals surface area (Å²) >= 11 is 0. The first-order chi connectivity index (χ1) is 3.85. The first-order valence-corrected chi connectivity index (χ1v) is 2.18. The van der Waals surface area contributed by atoms with Crippen LogP contribution in [0.15, 0.2) is 17.8 Å². The summed E-state index contributed by atoms with van der Waals surface area (Å²) in [4.78, 5) is 4.34. The average molecular weight is 115 g/mol. The smallest absolute Gasteiger partial charge is 0.106 e. The van der Waals surface area contributed by atoms with E-state index in [2.05, 4.69) is 16.6 Å². The van der Waals surface area contributed by atoms with Crippen LogP contribution >= 0.6 is 0 Å². The Kier molecular flexibility index (Phi) is 3.88. The molecule has 0 fully saturated rings. The molecule has 0 aromatic heterocycles. The van der Waals surface area contributed by atoms with Crippen molar-refractivity contribution in [2.75, 3.05) is 13.7 Å². The van der Waals surface area contributed by atoms with Gasteiger partial charge in [0.05, 0.1) is 6.61 Å². The molecule has 0 radical (unpaired) electrons. The maximum Gasteiger partial charge on any atom is 0.106 e. The van der Waals surface area contributed by atoms with Gasteiger partial charge in [0.1, 0.15) is 12.8 Å². The van der Waals surface area contributed by atoms with E-state index in [1.54, 1.807) is 0 Å². The predicted molar refractivity (Wildman–Crippen MR) is 31.7 cm³/mol. The molecule has 0 saturated carbocycles. The van der Waals surface area contributed by atoms with Crippen molar-refractivity contribution in [3.8, 4) is 0 Å². The highest BCUT2D eigenvalue weighted by atomic mass is 16.6. The van der Waals surface area contributed by atoms with Crippen molar-refractivity contribution in [3.63, 3.8) is 0 Å². The summed E-state index contributed by atoms with van der Waals surface area (Å²) in [6.07, 6.45) is 1.43. The Hall–Kier alpha value is -0.830. The number of aliphatic hydroxyl groups is 1. The van der Waals surface area contributed by atoms with Gasteiger partial charge in [-0.15, -0.1) is 0 Å². The lowest BCUT2D eigenvalue weighted by Gasteiger charge is -1.90. The van der Waals surface area contributed by atoms with E-state index in [1.807, 2.05) is 0 Å². The van der Waals surface area contributed by atoms with Crippen LogP contribution in [0.3, 0.4) is 0 Å². The highest BCUT2D eigenvalue weighted by Gasteiger charge is 1.85. The van der Waals surface area contributed by atoms with E-state index in [1.165, 1.54) is 13.2 Å². The summed E-state index contributed by atoms with van der Waals surface area (Å²) in [6.45, 7) is 3.25. The Morgan fingerprint density at radius 3 is 2.75 bits per heavy atom. The number of rotatable bonds is 3. The fourth-order valence-corrected chi connectivity index (χ4v) is 0.248. The second-order valence-corrected chi connectivity index (χ2v) is 1.13. The second kappa shape index (κ2) is 4.33. The van der Waals surface area contributed by atoms with Crippen LogP contribution in [0.2, 0.25) is 0 Å². The van der Waals surface area contributed by atoms with Crippen LogP contribution in [0.5, 0.6) is 0 Å². The van der Waals surface area contributed by atoms with E-state index in [9.17, 15) is 0 Å². The zero-order chi connectivity index (χ0) is 6.41. The molecule has 0 heterocycles. The van der Waals surface area contributed by atoms with Gasteiger partial charge in [-0.2, -0.15) is 0 Å². The number of hydrogen-bond acceptors (Lipinski definition) is 3. The van der Waals surface area contributed by atoms with Gasteiger partial charge in [0.2, 0.25) is 0 Å². The molecule has 0 rings (SSSR count). The maximum absolute atomic E-state index is 8.38. The van der Waals surface area contributed by atoms with E-state index >= 15 is 0 Å². The summed E-state index contributed by atoms with van der Waals surface area (Å²) < 4.78 is 0. The van der Waals surface area contributed by atoms with Gasteiger partial charge in [-0.3, -0.25) is 0 Å². The van der Waals surface area contributed by atoms with Crippen LogP contribution < -0.4 is 0 Å². The molecule has 0 spiro atoms. The van der Waals surface area contributed by atoms with Crippen molar-refractivity contribution in [3.05, 3.63) is 12.7 Å². The molecule has 1 N–H and O–H groups in total. The highest BCUT2D eigenvalue weighted by molar-refractivity contribution is 5.94. The molecule has 3 heteroatoms. The van der Waals surface area contributed by atoms with Gasteiger partial charge in [-0.05, 0) is 6.08 Å². The molecule has 0 atom stereocenters. The average Bonchev–Trinajstić information content (AvgIpc) is 1.83. The van der Waals surface area contributed by atoms with Crippen LogP contribution in [0.1, 0.15) is 0 Å². The van der Waals surface area contributed by atoms with Crippen molar-refractivity contribution in [2.45, 2.75) is 0 Å². The van der Waals surface area contributed by atoms with E-state index in [0.29, 0.717) is 5.71 Å². The molecule has 0 aliphatic rings. The van der Waals surface area contributed by atoms with Gasteiger partial charge >= 0.3 is 0 Å². The second-order valence-electron chi connectivity index (χ2n) is 1.13. The minimum Gasteiger partial charge on any atom is -0.399 e. The van der Waals surface area contributed by atoms with Gasteiger partial charge in [0.15, 0.2) is 0 Å². The van der Waals surface area contributed by atoms with E-state index < -0.39 is 0 Å². The van der Waals surface area contributed by atoms with Gasteiger partial charge < -0.3 is 9.94 Å². The van der Waals surface area contributed by atoms with E-state index in [0.717, 1.165) is 0 Å². The minimum atomic E-state index is -0.128. The van der Waals surface area contributed by atoms with Crippen LogP contribution in [-0.4, -0.2) is 24.5 Å². The van der Waals surface area contributed by atoms with Crippen molar-refractivity contribution < 1.29 is 9.94 Å². The summed E-state index contributed by atoms with van der Waals surface area (Å²) in [6, 6.07) is 0. The third-order valence-electron chi connectivity index (χ3n) is 0.606. The fourth-order valence-electron chi connectivity index (χ4n) is 0.248. The van der Waals surface area contributed by atoms with Crippen molar-refractivity contribution in [1.82, 2.24) is 0 Å². The van der Waals surface area contributed by atoms with Crippen LogP contribution in [0.4, 0.5) is 0 Å². The number of nitrogens with zero attached hydrogens (tertiary/aromatic N) is 1. The quantitative estimate of drug-likeness (QED) is 0.420. The lowest BCUT2D eigenvalue weighted by Crippen LogP contribution is -1.99. The molecule has 3 nitrogen and oxygen atoms in total. The number of hydrogen-bond donors (Lipinski definition) is 1. The van der Waals surface area contributed by atoms with Crippen molar-refractivity contribution >= 4 is 5.71 Å². The standard InChI is InChI=1S/C5H9NO2/c1-3-5(4-7)6-8-2/h3,7H,1,4H2,2H3/b6-5+. The SMILES string of the molecule is C=C/C(CO)=N\OC. The monoisotopic (exact) mass is 115 g/mol. The summed E-state index contributed by atoms with van der Waals surface area (Å²) in [5.41, 5.74) is 0.438. The fraction of sp³-hybridized carbons (Fsp3) is 0.400. The third-order valence-corrected chi connectivity index (χ3v) is 0.606. The van der Waals surface area contributed by atoms with E-state index in [4.69, 9.17) is 5.11 Å². The van der Waals surface area contributed by atoms with Crippen LogP contribution in [0.25, 0.3) is 0 Å². The van der Waals surface area contributed by atoms with E-state index in [-0.39, 0.29) is 6.61 Å². The first kappa shape index (κ1) is 7.17. The zero-order valence-corrected chi connectivity index (χ0v) is 4.79. The Morgan fingerprint density at radius 1 is 2.00 bits per heavy atom. The molecule has 0 bridgehead atoms. The molecular weight excluding hydrogens is 106 g/mol. The summed E-state index contributed by atoms with van der Waals surface area (Å²) in [5, 5.41) is 11.8. The van der Waals surface area contributed by atoms with Crippen LogP contribution in [0, 0.1) is 0 Å². The minimum absolute atomic E-state index is 0.128. The predicted octanol–water partition coefficient (Wildman–Crippen LogP) is 0.167. The van der Waals surface area contributed by atoms with Gasteiger partial charge in [-0.25, -0.2) is 0 Å². The summed E-state index contributed by atoms with van der Waals surface area (Å²) in [5.74, 6) is 0. The molecule has 8 heavy (non-hydrogen) atoms.